The van der Waals surface area contributed by atoms with Gasteiger partial charge >= 0.3 is 0 Å². The molecule has 3 heteroatoms. The Morgan fingerprint density at radius 1 is 1.11 bits per heavy atom. The molecule has 3 rings (SSSR count). The van der Waals surface area contributed by atoms with E-state index in [9.17, 15) is 0 Å². The third kappa shape index (κ3) is 2.17. The molecule has 3 nitrogen and oxygen atoms in total. The first kappa shape index (κ1) is 12.1. The van der Waals surface area contributed by atoms with E-state index in [4.69, 9.17) is 5.73 Å². The molecule has 0 unspecified atom stereocenters. The van der Waals surface area contributed by atoms with E-state index in [1.54, 1.807) is 0 Å². The summed E-state index contributed by atoms with van der Waals surface area (Å²) in [4.78, 5) is 5.72. The summed E-state index contributed by atoms with van der Waals surface area (Å²) in [6, 6.07) is 12.5. The Balaban J connectivity index is 2.21. The van der Waals surface area contributed by atoms with Crippen LogP contribution < -0.4 is 5.73 Å². The summed E-state index contributed by atoms with van der Waals surface area (Å²) < 4.78 is 0. The van der Waals surface area contributed by atoms with Crippen LogP contribution in [0.3, 0.4) is 0 Å². The number of nitrogens with zero attached hydrogens (tertiary/aromatic N) is 1. The van der Waals surface area contributed by atoms with Gasteiger partial charge in [-0.2, -0.15) is 0 Å². The first-order valence-electron chi connectivity index (χ1n) is 6.58. The molecule has 0 atom stereocenters. The molecule has 1 aromatic heterocycles. The summed E-state index contributed by atoms with van der Waals surface area (Å²) in [5.41, 5.74) is 10.6. The molecule has 0 aliphatic heterocycles. The number of nitrogen functional groups attached to an aromatic ring is 1. The number of fused-ring (bicyclic) bond motifs is 3. The zero-order chi connectivity index (χ0) is 13.4. The van der Waals surface area contributed by atoms with Gasteiger partial charge in [0.1, 0.15) is 0 Å². The lowest BCUT2D eigenvalue weighted by Crippen LogP contribution is -2.15. The largest absolute Gasteiger partial charge is 0.399 e. The van der Waals surface area contributed by atoms with Crippen molar-refractivity contribution in [2.75, 3.05) is 26.4 Å². The predicted octanol–water partition coefficient (Wildman–Crippen LogP) is 3.01. The van der Waals surface area contributed by atoms with Crippen molar-refractivity contribution in [2.45, 2.75) is 6.42 Å². The monoisotopic (exact) mass is 253 g/mol. The zero-order valence-electron chi connectivity index (χ0n) is 11.4. The van der Waals surface area contributed by atoms with Crippen molar-refractivity contribution in [1.29, 1.82) is 0 Å². The molecule has 19 heavy (non-hydrogen) atoms. The number of likely N-dealkylation sites (N-methyl/N-ethyl adjacent to an activating group) is 1. The summed E-state index contributed by atoms with van der Waals surface area (Å²) in [6.45, 7) is 1.02. The third-order valence-electron chi connectivity index (χ3n) is 3.55. The van der Waals surface area contributed by atoms with Crippen LogP contribution in [0.2, 0.25) is 0 Å². The van der Waals surface area contributed by atoms with Crippen LogP contribution in [0.1, 0.15) is 5.56 Å². The normalized spacial score (nSPS) is 11.7. The van der Waals surface area contributed by atoms with Gasteiger partial charge < -0.3 is 15.6 Å². The summed E-state index contributed by atoms with van der Waals surface area (Å²) in [6.07, 6.45) is 1.00. The molecule has 3 aromatic rings. The maximum atomic E-state index is 6.05. The number of nitrogens with one attached hydrogen (secondary N) is 1. The molecule has 1 heterocycles. The molecule has 0 fully saturated rings. The summed E-state index contributed by atoms with van der Waals surface area (Å²) >= 11 is 0. The predicted molar refractivity (Wildman–Crippen MR) is 82.5 cm³/mol. The van der Waals surface area contributed by atoms with E-state index in [-0.39, 0.29) is 0 Å². The fourth-order valence-corrected chi connectivity index (χ4v) is 2.59. The standard InChI is InChI=1S/C16H19N3/c1-19(2)8-7-11-9-12(17)10-14-13-5-3-4-6-15(13)18-16(11)14/h3-6,9-10,18H,7-8,17H2,1-2H3. The summed E-state index contributed by atoms with van der Waals surface area (Å²) in [5.74, 6) is 0. The Hall–Kier alpha value is -2.00. The van der Waals surface area contributed by atoms with Gasteiger partial charge in [-0.15, -0.1) is 0 Å². The molecule has 0 aliphatic carbocycles. The van der Waals surface area contributed by atoms with Gasteiger partial charge in [-0.1, -0.05) is 18.2 Å². The number of benzene rings is 2. The van der Waals surface area contributed by atoms with Gasteiger partial charge in [-0.05, 0) is 44.3 Å². The molecule has 0 saturated carbocycles. The van der Waals surface area contributed by atoms with Crippen LogP contribution in [0, 0.1) is 0 Å². The van der Waals surface area contributed by atoms with Crippen molar-refractivity contribution in [3.8, 4) is 0 Å². The van der Waals surface area contributed by atoms with Gasteiger partial charge in [0.15, 0.2) is 0 Å². The Morgan fingerprint density at radius 2 is 1.89 bits per heavy atom. The molecular formula is C16H19N3. The number of aromatic nitrogens is 1. The highest BCUT2D eigenvalue weighted by atomic mass is 15.0. The third-order valence-corrected chi connectivity index (χ3v) is 3.55. The van der Waals surface area contributed by atoms with Crippen LogP contribution >= 0.6 is 0 Å². The smallest absolute Gasteiger partial charge is 0.0499 e. The molecule has 98 valence electrons. The van der Waals surface area contributed by atoms with Crippen molar-refractivity contribution in [2.24, 2.45) is 0 Å². The van der Waals surface area contributed by atoms with E-state index in [0.717, 1.165) is 18.7 Å². The molecule has 0 aliphatic rings. The van der Waals surface area contributed by atoms with Crippen LogP contribution in [0.25, 0.3) is 21.8 Å². The van der Waals surface area contributed by atoms with Crippen molar-refractivity contribution < 1.29 is 0 Å². The first-order chi connectivity index (χ1) is 9.15. The molecule has 0 bridgehead atoms. The van der Waals surface area contributed by atoms with Crippen LogP contribution in [-0.2, 0) is 6.42 Å². The van der Waals surface area contributed by atoms with Crippen molar-refractivity contribution in [1.82, 2.24) is 9.88 Å². The Bertz CT molecular complexity index is 725. The maximum Gasteiger partial charge on any atom is 0.0499 e. The van der Waals surface area contributed by atoms with E-state index in [1.165, 1.54) is 27.4 Å². The van der Waals surface area contributed by atoms with E-state index >= 15 is 0 Å². The quantitative estimate of drug-likeness (QED) is 0.705. The lowest BCUT2D eigenvalue weighted by atomic mass is 10.1. The Kier molecular flexibility index (Phi) is 2.91. The highest BCUT2D eigenvalue weighted by Gasteiger charge is 2.09. The van der Waals surface area contributed by atoms with Gasteiger partial charge in [0.2, 0.25) is 0 Å². The number of anilines is 1. The number of aromatic amines is 1. The minimum Gasteiger partial charge on any atom is -0.399 e. The zero-order valence-corrected chi connectivity index (χ0v) is 11.4. The second kappa shape index (κ2) is 4.59. The lowest BCUT2D eigenvalue weighted by molar-refractivity contribution is 0.414. The van der Waals surface area contributed by atoms with E-state index in [2.05, 4.69) is 60.4 Å². The minimum atomic E-state index is 0.839. The minimum absolute atomic E-state index is 0.839. The number of rotatable bonds is 3. The van der Waals surface area contributed by atoms with Gasteiger partial charge in [-0.3, -0.25) is 0 Å². The molecule has 3 N–H and O–H groups in total. The van der Waals surface area contributed by atoms with Crippen molar-refractivity contribution in [3.63, 3.8) is 0 Å². The lowest BCUT2D eigenvalue weighted by Gasteiger charge is -2.10. The van der Waals surface area contributed by atoms with Crippen LogP contribution in [0.4, 0.5) is 5.69 Å². The van der Waals surface area contributed by atoms with E-state index < -0.39 is 0 Å². The molecule has 0 saturated heterocycles. The topological polar surface area (TPSA) is 45.0 Å². The fourth-order valence-electron chi connectivity index (χ4n) is 2.59. The highest BCUT2D eigenvalue weighted by molar-refractivity contribution is 6.09. The van der Waals surface area contributed by atoms with E-state index in [0.29, 0.717) is 0 Å². The number of nitrogens with two attached hydrogens (primary N) is 1. The Morgan fingerprint density at radius 3 is 2.68 bits per heavy atom. The molecular weight excluding hydrogens is 234 g/mol. The van der Waals surface area contributed by atoms with Crippen LogP contribution in [0.5, 0.6) is 0 Å². The first-order valence-corrected chi connectivity index (χ1v) is 6.58. The van der Waals surface area contributed by atoms with Crippen molar-refractivity contribution in [3.05, 3.63) is 42.0 Å². The molecule has 0 spiro atoms. The van der Waals surface area contributed by atoms with Crippen molar-refractivity contribution >= 4 is 27.5 Å². The molecule has 2 aromatic carbocycles. The number of H-pyrrole nitrogens is 1. The maximum absolute atomic E-state index is 6.05. The number of hydrogen-bond donors (Lipinski definition) is 2. The summed E-state index contributed by atoms with van der Waals surface area (Å²) in [5, 5.41) is 2.47. The van der Waals surface area contributed by atoms with Crippen LogP contribution in [0.15, 0.2) is 36.4 Å². The average molecular weight is 253 g/mol. The van der Waals surface area contributed by atoms with Gasteiger partial charge in [0.05, 0.1) is 0 Å². The highest BCUT2D eigenvalue weighted by Crippen LogP contribution is 2.30. The molecule has 0 amide bonds. The van der Waals surface area contributed by atoms with E-state index in [1.807, 2.05) is 0 Å². The van der Waals surface area contributed by atoms with Gasteiger partial charge in [-0.25, -0.2) is 0 Å². The second-order valence-electron chi connectivity index (χ2n) is 5.33. The number of hydrogen-bond acceptors (Lipinski definition) is 2. The molecule has 0 radical (unpaired) electrons. The fraction of sp³-hybridized carbons (Fsp3) is 0.250. The average Bonchev–Trinajstić information content (AvgIpc) is 2.75. The SMILES string of the molecule is CN(C)CCc1cc(N)cc2c1[nH]c1ccccc12. The Labute approximate surface area is 113 Å². The summed E-state index contributed by atoms with van der Waals surface area (Å²) in [7, 11) is 4.18. The van der Waals surface area contributed by atoms with Gasteiger partial charge in [0, 0.05) is 34.0 Å². The number of para-hydroxylation sites is 1. The second-order valence-corrected chi connectivity index (χ2v) is 5.33. The van der Waals surface area contributed by atoms with Gasteiger partial charge in [0.25, 0.3) is 0 Å². The van der Waals surface area contributed by atoms with Crippen LogP contribution in [-0.4, -0.2) is 30.5 Å².